The standard InChI is InChI=1S/C14H13BrN2S/c1-9-5-12(10(2)18-9)8-17-14-4-3-11(7-16)6-13(14)15/h3-6,17H,8H2,1-2H3. The summed E-state index contributed by atoms with van der Waals surface area (Å²) in [5, 5.41) is 12.2. The van der Waals surface area contributed by atoms with Gasteiger partial charge in [-0.25, -0.2) is 0 Å². The lowest BCUT2D eigenvalue weighted by molar-refractivity contribution is 1.14. The first-order chi connectivity index (χ1) is 8.60. The molecule has 0 atom stereocenters. The lowest BCUT2D eigenvalue weighted by atomic mass is 10.2. The largest absolute Gasteiger partial charge is 0.380 e. The van der Waals surface area contributed by atoms with Crippen LogP contribution in [-0.4, -0.2) is 0 Å². The van der Waals surface area contributed by atoms with Crippen LogP contribution in [0.5, 0.6) is 0 Å². The van der Waals surface area contributed by atoms with E-state index in [1.807, 2.05) is 29.5 Å². The number of thiophene rings is 1. The highest BCUT2D eigenvalue weighted by molar-refractivity contribution is 9.10. The highest BCUT2D eigenvalue weighted by Gasteiger charge is 2.05. The number of nitrogens with one attached hydrogen (secondary N) is 1. The molecule has 0 fully saturated rings. The van der Waals surface area contributed by atoms with E-state index in [0.29, 0.717) is 5.56 Å². The second-order valence-electron chi connectivity index (χ2n) is 4.10. The number of nitrogens with zero attached hydrogens (tertiary/aromatic N) is 1. The minimum absolute atomic E-state index is 0.662. The molecule has 1 N–H and O–H groups in total. The van der Waals surface area contributed by atoms with Gasteiger partial charge in [-0.05, 0) is 59.6 Å². The Kier molecular flexibility index (Phi) is 4.05. The summed E-state index contributed by atoms with van der Waals surface area (Å²) in [6.07, 6.45) is 0. The van der Waals surface area contributed by atoms with Crippen molar-refractivity contribution in [3.8, 4) is 6.07 Å². The molecule has 0 bridgehead atoms. The van der Waals surface area contributed by atoms with E-state index in [0.717, 1.165) is 16.7 Å². The number of nitriles is 1. The van der Waals surface area contributed by atoms with Gasteiger partial charge in [0, 0.05) is 26.5 Å². The molecular formula is C14H13BrN2S. The number of rotatable bonds is 3. The average molecular weight is 321 g/mol. The predicted octanol–water partition coefficient (Wildman–Crippen LogP) is 4.61. The summed E-state index contributed by atoms with van der Waals surface area (Å²) in [5.41, 5.74) is 3.00. The zero-order valence-electron chi connectivity index (χ0n) is 10.2. The van der Waals surface area contributed by atoms with Gasteiger partial charge in [-0.3, -0.25) is 0 Å². The van der Waals surface area contributed by atoms with Gasteiger partial charge in [-0.2, -0.15) is 5.26 Å². The van der Waals surface area contributed by atoms with Crippen LogP contribution in [-0.2, 0) is 6.54 Å². The number of aryl methyl sites for hydroxylation is 2. The Morgan fingerprint density at radius 1 is 1.33 bits per heavy atom. The summed E-state index contributed by atoms with van der Waals surface area (Å²) in [6.45, 7) is 5.07. The summed E-state index contributed by atoms with van der Waals surface area (Å²) in [7, 11) is 0. The zero-order valence-corrected chi connectivity index (χ0v) is 12.7. The number of benzene rings is 1. The molecule has 0 saturated heterocycles. The van der Waals surface area contributed by atoms with Crippen molar-refractivity contribution >= 4 is 33.0 Å². The third-order valence-corrected chi connectivity index (χ3v) is 4.38. The van der Waals surface area contributed by atoms with Gasteiger partial charge in [0.1, 0.15) is 0 Å². The van der Waals surface area contributed by atoms with Gasteiger partial charge < -0.3 is 5.32 Å². The maximum absolute atomic E-state index is 8.81. The maximum atomic E-state index is 8.81. The van der Waals surface area contributed by atoms with Crippen molar-refractivity contribution in [2.24, 2.45) is 0 Å². The topological polar surface area (TPSA) is 35.8 Å². The van der Waals surface area contributed by atoms with Crippen LogP contribution in [0.3, 0.4) is 0 Å². The van der Waals surface area contributed by atoms with Crippen LogP contribution in [0.2, 0.25) is 0 Å². The molecule has 0 radical (unpaired) electrons. The van der Waals surface area contributed by atoms with Crippen LogP contribution in [0.15, 0.2) is 28.7 Å². The molecule has 2 aromatic rings. The lowest BCUT2D eigenvalue weighted by Crippen LogP contribution is -2.00. The maximum Gasteiger partial charge on any atom is 0.0992 e. The Labute approximate surface area is 119 Å². The van der Waals surface area contributed by atoms with Crippen molar-refractivity contribution < 1.29 is 0 Å². The van der Waals surface area contributed by atoms with Crippen molar-refractivity contribution in [1.29, 1.82) is 5.26 Å². The fourth-order valence-electron chi connectivity index (χ4n) is 1.78. The third-order valence-electron chi connectivity index (χ3n) is 2.71. The van der Waals surface area contributed by atoms with Gasteiger partial charge in [0.2, 0.25) is 0 Å². The first-order valence-corrected chi connectivity index (χ1v) is 7.20. The van der Waals surface area contributed by atoms with E-state index >= 15 is 0 Å². The Hall–Kier alpha value is -1.31. The Morgan fingerprint density at radius 3 is 2.67 bits per heavy atom. The third kappa shape index (κ3) is 2.92. The van der Waals surface area contributed by atoms with E-state index in [2.05, 4.69) is 47.2 Å². The summed E-state index contributed by atoms with van der Waals surface area (Å²) >= 11 is 5.29. The molecule has 0 aliphatic heterocycles. The van der Waals surface area contributed by atoms with Crippen molar-refractivity contribution in [2.45, 2.75) is 20.4 Å². The van der Waals surface area contributed by atoms with Crippen molar-refractivity contribution in [2.75, 3.05) is 5.32 Å². The number of hydrogen-bond donors (Lipinski definition) is 1. The molecule has 1 aromatic heterocycles. The van der Waals surface area contributed by atoms with Crippen molar-refractivity contribution in [3.05, 3.63) is 49.6 Å². The van der Waals surface area contributed by atoms with E-state index in [9.17, 15) is 0 Å². The molecule has 0 spiro atoms. The van der Waals surface area contributed by atoms with Crippen LogP contribution in [0.1, 0.15) is 20.9 Å². The van der Waals surface area contributed by atoms with Crippen LogP contribution >= 0.6 is 27.3 Å². The second-order valence-corrected chi connectivity index (χ2v) is 6.41. The normalized spacial score (nSPS) is 10.1. The summed E-state index contributed by atoms with van der Waals surface area (Å²) in [5.74, 6) is 0. The lowest BCUT2D eigenvalue weighted by Gasteiger charge is -2.08. The van der Waals surface area contributed by atoms with Gasteiger partial charge in [0.25, 0.3) is 0 Å². The highest BCUT2D eigenvalue weighted by Crippen LogP contribution is 2.26. The molecule has 0 saturated carbocycles. The number of hydrogen-bond acceptors (Lipinski definition) is 3. The smallest absolute Gasteiger partial charge is 0.0992 e. The molecule has 0 aliphatic carbocycles. The fraction of sp³-hybridized carbons (Fsp3) is 0.214. The number of halogens is 1. The van der Waals surface area contributed by atoms with Gasteiger partial charge >= 0.3 is 0 Å². The van der Waals surface area contributed by atoms with Gasteiger partial charge in [-0.1, -0.05) is 0 Å². The Morgan fingerprint density at radius 2 is 2.11 bits per heavy atom. The average Bonchev–Trinajstić information content (AvgIpc) is 2.66. The first kappa shape index (κ1) is 13.1. The molecule has 1 heterocycles. The van der Waals surface area contributed by atoms with E-state index < -0.39 is 0 Å². The Bertz CT molecular complexity index is 611. The molecule has 2 nitrogen and oxygen atoms in total. The first-order valence-electron chi connectivity index (χ1n) is 5.59. The van der Waals surface area contributed by atoms with E-state index in [-0.39, 0.29) is 0 Å². The molecule has 92 valence electrons. The SMILES string of the molecule is Cc1cc(CNc2ccc(C#N)cc2Br)c(C)s1. The molecule has 0 amide bonds. The van der Waals surface area contributed by atoms with E-state index in [4.69, 9.17) is 5.26 Å². The zero-order chi connectivity index (χ0) is 13.1. The second kappa shape index (κ2) is 5.55. The highest BCUT2D eigenvalue weighted by atomic mass is 79.9. The van der Waals surface area contributed by atoms with Crippen LogP contribution in [0.4, 0.5) is 5.69 Å². The molecule has 0 unspecified atom stereocenters. The quantitative estimate of drug-likeness (QED) is 0.896. The predicted molar refractivity (Wildman–Crippen MR) is 80.0 cm³/mol. The minimum atomic E-state index is 0.662. The van der Waals surface area contributed by atoms with Crippen LogP contribution < -0.4 is 5.32 Å². The monoisotopic (exact) mass is 320 g/mol. The van der Waals surface area contributed by atoms with Gasteiger partial charge in [0.05, 0.1) is 11.6 Å². The molecule has 4 heteroatoms. The molecule has 1 aromatic carbocycles. The molecular weight excluding hydrogens is 308 g/mol. The number of anilines is 1. The summed E-state index contributed by atoms with van der Waals surface area (Å²) in [4.78, 5) is 2.69. The fourth-order valence-corrected chi connectivity index (χ4v) is 3.24. The Balaban J connectivity index is 2.11. The van der Waals surface area contributed by atoms with E-state index in [1.165, 1.54) is 15.3 Å². The van der Waals surface area contributed by atoms with Crippen molar-refractivity contribution in [3.63, 3.8) is 0 Å². The van der Waals surface area contributed by atoms with Gasteiger partial charge in [-0.15, -0.1) is 11.3 Å². The molecule has 0 aliphatic rings. The minimum Gasteiger partial charge on any atom is -0.380 e. The van der Waals surface area contributed by atoms with Crippen molar-refractivity contribution in [1.82, 2.24) is 0 Å². The van der Waals surface area contributed by atoms with Gasteiger partial charge in [0.15, 0.2) is 0 Å². The van der Waals surface area contributed by atoms with Crippen LogP contribution in [0.25, 0.3) is 0 Å². The summed E-state index contributed by atoms with van der Waals surface area (Å²) < 4.78 is 0.922. The van der Waals surface area contributed by atoms with Crippen LogP contribution in [0, 0.1) is 25.2 Å². The van der Waals surface area contributed by atoms with E-state index in [1.54, 1.807) is 0 Å². The summed E-state index contributed by atoms with van der Waals surface area (Å²) in [6, 6.07) is 9.91. The molecule has 18 heavy (non-hydrogen) atoms. The molecule has 2 rings (SSSR count).